The number of unbranched alkanes of at least 4 members (excludes halogenated alkanes) is 1. The first kappa shape index (κ1) is 19.5. The number of hydrogen-bond acceptors (Lipinski definition) is 5. The number of likely N-dealkylation sites (tertiary alicyclic amines) is 1. The first-order chi connectivity index (χ1) is 10.6. The average molecular weight is 327 g/mol. The second kappa shape index (κ2) is 7.79. The maximum atomic E-state index is 12.6. The van der Waals surface area contributed by atoms with Crippen molar-refractivity contribution in [3.05, 3.63) is 0 Å². The molecule has 6 heteroatoms. The van der Waals surface area contributed by atoms with E-state index in [1.807, 2.05) is 6.92 Å². The van der Waals surface area contributed by atoms with Crippen LogP contribution in [0.3, 0.4) is 0 Å². The van der Waals surface area contributed by atoms with Gasteiger partial charge in [0.05, 0.1) is 19.6 Å². The fourth-order valence-electron chi connectivity index (χ4n) is 3.01. The Labute approximate surface area is 138 Å². The summed E-state index contributed by atoms with van der Waals surface area (Å²) in [5, 5.41) is 0. The van der Waals surface area contributed by atoms with Crippen LogP contribution in [-0.2, 0) is 19.1 Å². The molecule has 0 N–H and O–H groups in total. The lowest BCUT2D eigenvalue weighted by molar-refractivity contribution is -0.142. The molecule has 23 heavy (non-hydrogen) atoms. The minimum Gasteiger partial charge on any atom is -0.469 e. The first-order valence-electron chi connectivity index (χ1n) is 8.25. The SMILES string of the molecule is CCCC[C@@H]1[C@@H](C)C(=O)N(C(=O)OC(C)(C)C)[C@H]1CC(=O)OC. The number of ether oxygens (including phenoxy) is 2. The molecule has 0 saturated carbocycles. The molecule has 0 bridgehead atoms. The van der Waals surface area contributed by atoms with Crippen molar-refractivity contribution in [2.75, 3.05) is 7.11 Å². The fourth-order valence-corrected chi connectivity index (χ4v) is 3.01. The Morgan fingerprint density at radius 3 is 2.35 bits per heavy atom. The van der Waals surface area contributed by atoms with Gasteiger partial charge in [0.1, 0.15) is 5.60 Å². The normalized spacial score (nSPS) is 24.7. The number of imide groups is 1. The van der Waals surface area contributed by atoms with E-state index < -0.39 is 23.7 Å². The van der Waals surface area contributed by atoms with Crippen molar-refractivity contribution in [3.8, 4) is 0 Å². The summed E-state index contributed by atoms with van der Waals surface area (Å²) >= 11 is 0. The quantitative estimate of drug-likeness (QED) is 0.725. The standard InChI is InChI=1S/C17H29NO5/c1-7-8-9-12-11(2)15(20)18(13(12)10-14(19)22-6)16(21)23-17(3,4)5/h11-13H,7-10H2,1-6H3/t11-,12-,13+/m1/s1. The molecule has 3 atom stereocenters. The molecule has 0 radical (unpaired) electrons. The lowest BCUT2D eigenvalue weighted by atomic mass is 9.85. The van der Waals surface area contributed by atoms with Crippen LogP contribution in [0.25, 0.3) is 0 Å². The highest BCUT2D eigenvalue weighted by molar-refractivity contribution is 5.96. The summed E-state index contributed by atoms with van der Waals surface area (Å²) in [4.78, 5) is 37.9. The van der Waals surface area contributed by atoms with Gasteiger partial charge in [-0.15, -0.1) is 0 Å². The third kappa shape index (κ3) is 4.94. The Balaban J connectivity index is 3.05. The van der Waals surface area contributed by atoms with E-state index in [1.54, 1.807) is 20.8 Å². The Morgan fingerprint density at radius 1 is 1.26 bits per heavy atom. The van der Waals surface area contributed by atoms with Crippen LogP contribution in [0.15, 0.2) is 0 Å². The molecule has 0 aromatic rings. The van der Waals surface area contributed by atoms with Crippen LogP contribution in [0.4, 0.5) is 4.79 Å². The predicted octanol–water partition coefficient (Wildman–Crippen LogP) is 3.14. The van der Waals surface area contributed by atoms with Gasteiger partial charge in [-0.3, -0.25) is 9.59 Å². The van der Waals surface area contributed by atoms with Crippen molar-refractivity contribution < 1.29 is 23.9 Å². The number of nitrogens with zero attached hydrogens (tertiary/aromatic N) is 1. The molecule has 0 unspecified atom stereocenters. The van der Waals surface area contributed by atoms with Crippen molar-refractivity contribution in [1.29, 1.82) is 0 Å². The number of amides is 2. The monoisotopic (exact) mass is 327 g/mol. The highest BCUT2D eigenvalue weighted by atomic mass is 16.6. The lowest BCUT2D eigenvalue weighted by Gasteiger charge is -2.28. The van der Waals surface area contributed by atoms with E-state index >= 15 is 0 Å². The van der Waals surface area contributed by atoms with Gasteiger partial charge in [-0.2, -0.15) is 0 Å². The van der Waals surface area contributed by atoms with Crippen LogP contribution in [0.1, 0.15) is 60.3 Å². The number of methoxy groups -OCH3 is 1. The number of carbonyl (C=O) groups excluding carboxylic acids is 3. The minimum atomic E-state index is -0.697. The van der Waals surface area contributed by atoms with E-state index in [1.165, 1.54) is 7.11 Å². The summed E-state index contributed by atoms with van der Waals surface area (Å²) < 4.78 is 10.1. The van der Waals surface area contributed by atoms with E-state index in [2.05, 4.69) is 6.92 Å². The second-order valence-corrected chi connectivity index (χ2v) is 7.13. The van der Waals surface area contributed by atoms with Gasteiger partial charge in [-0.25, -0.2) is 9.69 Å². The van der Waals surface area contributed by atoms with Gasteiger partial charge in [-0.05, 0) is 33.1 Å². The summed E-state index contributed by atoms with van der Waals surface area (Å²) in [7, 11) is 1.31. The molecule has 1 aliphatic heterocycles. The zero-order valence-electron chi connectivity index (χ0n) is 15.0. The smallest absolute Gasteiger partial charge is 0.417 e. The zero-order valence-corrected chi connectivity index (χ0v) is 15.0. The average Bonchev–Trinajstić information content (AvgIpc) is 2.66. The molecule has 2 amide bonds. The van der Waals surface area contributed by atoms with Gasteiger partial charge in [0.15, 0.2) is 0 Å². The molecule has 0 aromatic heterocycles. The summed E-state index contributed by atoms with van der Waals surface area (Å²) in [5.74, 6) is -1.04. The highest BCUT2D eigenvalue weighted by Gasteiger charge is 2.50. The number of esters is 1. The van der Waals surface area contributed by atoms with Crippen LogP contribution in [0.2, 0.25) is 0 Å². The van der Waals surface area contributed by atoms with Gasteiger partial charge < -0.3 is 9.47 Å². The molecule has 1 aliphatic rings. The molecular formula is C17H29NO5. The van der Waals surface area contributed by atoms with Gasteiger partial charge >= 0.3 is 12.1 Å². The van der Waals surface area contributed by atoms with E-state index in [0.29, 0.717) is 0 Å². The van der Waals surface area contributed by atoms with Crippen LogP contribution < -0.4 is 0 Å². The molecule has 0 spiro atoms. The third-order valence-corrected chi connectivity index (χ3v) is 4.18. The largest absolute Gasteiger partial charge is 0.469 e. The topological polar surface area (TPSA) is 72.9 Å². The number of hydrogen-bond donors (Lipinski definition) is 0. The Kier molecular flexibility index (Phi) is 6.59. The molecule has 132 valence electrons. The van der Waals surface area contributed by atoms with E-state index in [-0.39, 0.29) is 24.2 Å². The van der Waals surface area contributed by atoms with Crippen LogP contribution in [0, 0.1) is 11.8 Å². The third-order valence-electron chi connectivity index (χ3n) is 4.18. The van der Waals surface area contributed by atoms with Crippen molar-refractivity contribution in [1.82, 2.24) is 4.90 Å². The zero-order chi connectivity index (χ0) is 17.8. The highest BCUT2D eigenvalue weighted by Crippen LogP contribution is 2.37. The van der Waals surface area contributed by atoms with Crippen molar-refractivity contribution in [3.63, 3.8) is 0 Å². The van der Waals surface area contributed by atoms with E-state index in [0.717, 1.165) is 24.2 Å². The molecule has 1 fully saturated rings. The predicted molar refractivity (Wildman–Crippen MR) is 85.7 cm³/mol. The molecule has 1 heterocycles. The Morgan fingerprint density at radius 2 is 1.87 bits per heavy atom. The van der Waals surface area contributed by atoms with Crippen molar-refractivity contribution >= 4 is 18.0 Å². The van der Waals surface area contributed by atoms with Gasteiger partial charge in [0.25, 0.3) is 0 Å². The molecule has 1 rings (SSSR count). The molecule has 0 aromatic carbocycles. The van der Waals surface area contributed by atoms with Crippen molar-refractivity contribution in [2.45, 2.75) is 71.9 Å². The van der Waals surface area contributed by atoms with Crippen LogP contribution >= 0.6 is 0 Å². The molecule has 0 aliphatic carbocycles. The van der Waals surface area contributed by atoms with Crippen LogP contribution in [-0.4, -0.2) is 41.6 Å². The minimum absolute atomic E-state index is 0.0141. The van der Waals surface area contributed by atoms with Gasteiger partial charge in [0, 0.05) is 5.92 Å². The van der Waals surface area contributed by atoms with Crippen LogP contribution in [0.5, 0.6) is 0 Å². The Hall–Kier alpha value is -1.59. The summed E-state index contributed by atoms with van der Waals surface area (Å²) in [6.07, 6.45) is 2.07. The summed E-state index contributed by atoms with van der Waals surface area (Å²) in [6, 6.07) is -0.494. The summed E-state index contributed by atoms with van der Waals surface area (Å²) in [6.45, 7) is 9.13. The van der Waals surface area contributed by atoms with Crippen molar-refractivity contribution in [2.24, 2.45) is 11.8 Å². The molecule has 6 nitrogen and oxygen atoms in total. The second-order valence-electron chi connectivity index (χ2n) is 7.13. The fraction of sp³-hybridized carbons (Fsp3) is 0.824. The summed E-state index contributed by atoms with van der Waals surface area (Å²) in [5.41, 5.74) is -0.697. The van der Waals surface area contributed by atoms with Gasteiger partial charge in [0.2, 0.25) is 5.91 Å². The van der Waals surface area contributed by atoms with E-state index in [4.69, 9.17) is 9.47 Å². The first-order valence-corrected chi connectivity index (χ1v) is 8.25. The van der Waals surface area contributed by atoms with E-state index in [9.17, 15) is 14.4 Å². The molecule has 1 saturated heterocycles. The maximum Gasteiger partial charge on any atom is 0.417 e. The van der Waals surface area contributed by atoms with Gasteiger partial charge in [-0.1, -0.05) is 26.7 Å². The lowest BCUT2D eigenvalue weighted by Crippen LogP contribution is -2.44. The molecular weight excluding hydrogens is 298 g/mol. The maximum absolute atomic E-state index is 12.6. The number of rotatable bonds is 5. The number of carbonyl (C=O) groups is 3. The Bertz CT molecular complexity index is 454.